The van der Waals surface area contributed by atoms with Gasteiger partial charge in [-0.15, -0.1) is 0 Å². The van der Waals surface area contributed by atoms with Gasteiger partial charge in [0.15, 0.2) is 0 Å². The highest BCUT2D eigenvalue weighted by molar-refractivity contribution is 5.69. The summed E-state index contributed by atoms with van der Waals surface area (Å²) in [6.45, 7) is 5.43. The van der Waals surface area contributed by atoms with Crippen LogP contribution in [0.4, 0.5) is 0 Å². The predicted molar refractivity (Wildman–Crippen MR) is 256 cm³/mol. The zero-order valence-corrected chi connectivity index (χ0v) is 40.1. The molecular formula is C54H108O4. The Bertz CT molecular complexity index is 741. The third-order valence-electron chi connectivity index (χ3n) is 12.7. The number of ether oxygens (including phenoxy) is 2. The first-order chi connectivity index (χ1) is 28.7. The van der Waals surface area contributed by atoms with Gasteiger partial charge in [-0.3, -0.25) is 4.79 Å². The highest BCUT2D eigenvalue weighted by Gasteiger charge is 2.13. The molecule has 0 fully saturated rings. The van der Waals surface area contributed by atoms with Gasteiger partial charge in [-0.25, -0.2) is 0 Å². The van der Waals surface area contributed by atoms with E-state index in [0.29, 0.717) is 19.6 Å². The third kappa shape index (κ3) is 49.8. The van der Waals surface area contributed by atoms with E-state index in [4.69, 9.17) is 9.47 Å². The number of esters is 1. The normalized spacial score (nSPS) is 12.1. The molecular weight excluding hydrogens is 713 g/mol. The fourth-order valence-corrected chi connectivity index (χ4v) is 8.63. The first-order valence-corrected chi connectivity index (χ1v) is 27.1. The Morgan fingerprint density at radius 2 is 0.569 bits per heavy atom. The third-order valence-corrected chi connectivity index (χ3v) is 12.7. The summed E-state index contributed by atoms with van der Waals surface area (Å²) in [4.78, 5) is 12.3. The van der Waals surface area contributed by atoms with Crippen molar-refractivity contribution >= 4 is 5.97 Å². The van der Waals surface area contributed by atoms with Crippen LogP contribution in [0.1, 0.15) is 316 Å². The van der Waals surface area contributed by atoms with E-state index in [9.17, 15) is 9.90 Å². The maximum Gasteiger partial charge on any atom is 0.306 e. The average molecular weight is 821 g/mol. The zero-order valence-electron chi connectivity index (χ0n) is 40.1. The Hall–Kier alpha value is -0.610. The van der Waals surface area contributed by atoms with E-state index in [0.717, 1.165) is 19.3 Å². The molecule has 0 aromatic carbocycles. The van der Waals surface area contributed by atoms with Crippen LogP contribution in [0, 0.1) is 0 Å². The predicted octanol–water partition coefficient (Wildman–Crippen LogP) is 18.3. The van der Waals surface area contributed by atoms with E-state index < -0.39 is 6.10 Å². The SMILES string of the molecule is CCCCCCCCCCCCCCCCCCCCCCCCCCCOCC(CO)OC(=O)CCCCCCCCCCCCCCCCCCCCCCC. The first-order valence-electron chi connectivity index (χ1n) is 27.1. The van der Waals surface area contributed by atoms with E-state index in [-0.39, 0.29) is 12.6 Å². The molecule has 0 aliphatic rings. The van der Waals surface area contributed by atoms with Gasteiger partial charge in [0.2, 0.25) is 0 Å². The van der Waals surface area contributed by atoms with Gasteiger partial charge in [0.05, 0.1) is 13.2 Å². The molecule has 4 nitrogen and oxygen atoms in total. The summed E-state index contributed by atoms with van der Waals surface area (Å²) in [6.07, 6.45) is 63.6. The van der Waals surface area contributed by atoms with Gasteiger partial charge >= 0.3 is 5.97 Å². The number of rotatable bonds is 52. The molecule has 0 aliphatic heterocycles. The number of aliphatic hydroxyl groups excluding tert-OH is 1. The van der Waals surface area contributed by atoms with Crippen molar-refractivity contribution in [2.75, 3.05) is 19.8 Å². The molecule has 0 spiro atoms. The van der Waals surface area contributed by atoms with Crippen LogP contribution in [0.2, 0.25) is 0 Å². The topological polar surface area (TPSA) is 55.8 Å². The van der Waals surface area contributed by atoms with Crippen LogP contribution in [0.3, 0.4) is 0 Å². The summed E-state index contributed by atoms with van der Waals surface area (Å²) in [6, 6.07) is 0. The van der Waals surface area contributed by atoms with Crippen molar-refractivity contribution in [3.63, 3.8) is 0 Å². The van der Waals surface area contributed by atoms with Crippen LogP contribution >= 0.6 is 0 Å². The van der Waals surface area contributed by atoms with Gasteiger partial charge in [-0.2, -0.15) is 0 Å². The van der Waals surface area contributed by atoms with E-state index in [1.165, 1.54) is 276 Å². The Balaban J connectivity index is 3.31. The Kier molecular flexibility index (Phi) is 52.0. The Labute approximate surface area is 365 Å². The largest absolute Gasteiger partial charge is 0.457 e. The molecule has 0 amide bonds. The number of unbranched alkanes of at least 4 members (excludes halogenated alkanes) is 44. The number of hydrogen-bond acceptors (Lipinski definition) is 4. The summed E-state index contributed by atoms with van der Waals surface area (Å²) in [7, 11) is 0. The quantitative estimate of drug-likeness (QED) is 0.0490. The minimum atomic E-state index is -0.526. The lowest BCUT2D eigenvalue weighted by molar-refractivity contribution is -0.154. The molecule has 1 unspecified atom stereocenters. The van der Waals surface area contributed by atoms with Crippen LogP contribution in [-0.4, -0.2) is 37.0 Å². The lowest BCUT2D eigenvalue weighted by Gasteiger charge is -2.16. The van der Waals surface area contributed by atoms with E-state index in [2.05, 4.69) is 13.8 Å². The molecule has 348 valence electrons. The van der Waals surface area contributed by atoms with Crippen LogP contribution in [0.15, 0.2) is 0 Å². The minimum absolute atomic E-state index is 0.162. The Morgan fingerprint density at radius 3 is 0.810 bits per heavy atom. The second kappa shape index (κ2) is 52.5. The molecule has 0 bridgehead atoms. The standard InChI is InChI=1S/C54H108O4/c1-3-5-7-9-11-13-15-17-19-21-23-25-26-27-28-30-32-34-36-38-40-42-44-46-48-50-57-52-53(51-55)58-54(56)49-47-45-43-41-39-37-35-33-31-29-24-22-20-18-16-14-12-10-8-6-4-2/h53,55H,3-52H2,1-2H3. The Morgan fingerprint density at radius 1 is 0.345 bits per heavy atom. The zero-order chi connectivity index (χ0) is 41.9. The lowest BCUT2D eigenvalue weighted by atomic mass is 10.0. The summed E-state index contributed by atoms with van der Waals surface area (Å²) in [5, 5.41) is 9.66. The van der Waals surface area contributed by atoms with E-state index in [1.807, 2.05) is 0 Å². The van der Waals surface area contributed by atoms with Gasteiger partial charge in [0.25, 0.3) is 0 Å². The fraction of sp³-hybridized carbons (Fsp3) is 0.981. The van der Waals surface area contributed by atoms with Crippen LogP contribution < -0.4 is 0 Å². The van der Waals surface area contributed by atoms with E-state index in [1.54, 1.807) is 0 Å². The van der Waals surface area contributed by atoms with E-state index >= 15 is 0 Å². The maximum absolute atomic E-state index is 12.3. The molecule has 58 heavy (non-hydrogen) atoms. The molecule has 0 saturated carbocycles. The summed E-state index contributed by atoms with van der Waals surface area (Å²) < 4.78 is 11.2. The molecule has 0 aliphatic carbocycles. The fourth-order valence-electron chi connectivity index (χ4n) is 8.63. The van der Waals surface area contributed by atoms with Gasteiger partial charge in [-0.05, 0) is 12.8 Å². The molecule has 0 rings (SSSR count). The molecule has 4 heteroatoms. The van der Waals surface area contributed by atoms with Gasteiger partial charge in [0.1, 0.15) is 6.10 Å². The lowest BCUT2D eigenvalue weighted by Crippen LogP contribution is -2.27. The van der Waals surface area contributed by atoms with Crippen molar-refractivity contribution in [2.45, 2.75) is 322 Å². The first kappa shape index (κ1) is 57.4. The number of carbonyl (C=O) groups is 1. The molecule has 0 heterocycles. The number of hydrogen-bond donors (Lipinski definition) is 1. The van der Waals surface area contributed by atoms with Crippen molar-refractivity contribution in [2.24, 2.45) is 0 Å². The van der Waals surface area contributed by atoms with Crippen LogP contribution in [0.5, 0.6) is 0 Å². The maximum atomic E-state index is 12.3. The summed E-state index contributed by atoms with van der Waals surface area (Å²) >= 11 is 0. The summed E-state index contributed by atoms with van der Waals surface area (Å²) in [5.41, 5.74) is 0. The summed E-state index contributed by atoms with van der Waals surface area (Å²) in [5.74, 6) is -0.189. The smallest absolute Gasteiger partial charge is 0.306 e. The van der Waals surface area contributed by atoms with Crippen LogP contribution in [-0.2, 0) is 14.3 Å². The second-order valence-electron chi connectivity index (χ2n) is 18.7. The second-order valence-corrected chi connectivity index (χ2v) is 18.7. The monoisotopic (exact) mass is 821 g/mol. The highest BCUT2D eigenvalue weighted by atomic mass is 16.6. The highest BCUT2D eigenvalue weighted by Crippen LogP contribution is 2.18. The van der Waals surface area contributed by atoms with Gasteiger partial charge < -0.3 is 14.6 Å². The molecule has 0 aromatic heterocycles. The minimum Gasteiger partial charge on any atom is -0.457 e. The van der Waals surface area contributed by atoms with Crippen LogP contribution in [0.25, 0.3) is 0 Å². The molecule has 1 atom stereocenters. The van der Waals surface area contributed by atoms with Gasteiger partial charge in [0, 0.05) is 13.0 Å². The molecule has 0 aromatic rings. The van der Waals surface area contributed by atoms with Crippen molar-refractivity contribution in [1.82, 2.24) is 0 Å². The molecule has 0 saturated heterocycles. The van der Waals surface area contributed by atoms with Crippen molar-refractivity contribution in [3.05, 3.63) is 0 Å². The van der Waals surface area contributed by atoms with Crippen molar-refractivity contribution < 1.29 is 19.4 Å². The number of carbonyl (C=O) groups excluding carboxylic acids is 1. The molecule has 1 N–H and O–H groups in total. The molecule has 0 radical (unpaired) electrons. The average Bonchev–Trinajstić information content (AvgIpc) is 3.23. The van der Waals surface area contributed by atoms with Gasteiger partial charge in [-0.1, -0.05) is 296 Å². The van der Waals surface area contributed by atoms with Crippen molar-refractivity contribution in [1.29, 1.82) is 0 Å². The van der Waals surface area contributed by atoms with Crippen molar-refractivity contribution in [3.8, 4) is 0 Å². The number of aliphatic hydroxyl groups is 1.